The third kappa shape index (κ3) is 8.59. The molecule has 4 rings (SSSR count). The first-order valence-corrected chi connectivity index (χ1v) is 14.5. The molecule has 0 aromatic heterocycles. The molecule has 0 aliphatic carbocycles. The minimum absolute atomic E-state index is 0.0601. The van der Waals surface area contributed by atoms with Gasteiger partial charge in [-0.25, -0.2) is 0 Å². The maximum absolute atomic E-state index is 13.3. The highest BCUT2D eigenvalue weighted by Gasteiger charge is 2.16. The van der Waals surface area contributed by atoms with Crippen molar-refractivity contribution < 1.29 is 19.1 Å². The number of hydrogen-bond donors (Lipinski definition) is 3. The summed E-state index contributed by atoms with van der Waals surface area (Å²) in [7, 11) is 1.54. The number of benzene rings is 4. The lowest BCUT2D eigenvalue weighted by Gasteiger charge is -2.13. The zero-order chi connectivity index (χ0) is 29.9. The third-order valence-corrected chi connectivity index (χ3v) is 7.32. The molecule has 0 fully saturated rings. The largest absolute Gasteiger partial charge is 0.496 e. The molecule has 8 heteroatoms. The summed E-state index contributed by atoms with van der Waals surface area (Å²) in [4.78, 5) is 39.5. The summed E-state index contributed by atoms with van der Waals surface area (Å²) in [6.07, 6.45) is 1.58. The summed E-state index contributed by atoms with van der Waals surface area (Å²) < 4.78 is 5.41. The van der Waals surface area contributed by atoms with E-state index in [9.17, 15) is 14.4 Å². The van der Waals surface area contributed by atoms with Crippen molar-refractivity contribution in [3.63, 3.8) is 0 Å². The molecule has 0 spiro atoms. The van der Waals surface area contributed by atoms with E-state index in [1.54, 1.807) is 61.7 Å². The fraction of sp³-hybridized carbons (Fsp3) is 0.147. The Labute approximate surface area is 250 Å². The number of rotatable bonds is 11. The molecule has 3 amide bonds. The van der Waals surface area contributed by atoms with E-state index in [1.165, 1.54) is 17.3 Å². The van der Waals surface area contributed by atoms with Crippen LogP contribution in [0.3, 0.4) is 0 Å². The number of thioether (sulfide) groups is 1. The SMILES string of the molecule is COc1ccccc1/C=C(\NC(=O)c1ccccc1)C(=O)Nc1ccc(SCC(=O)Nc2ccc(C(C)C)cc2)cc1. The van der Waals surface area contributed by atoms with Crippen LogP contribution in [0, 0.1) is 0 Å². The maximum Gasteiger partial charge on any atom is 0.272 e. The van der Waals surface area contributed by atoms with Gasteiger partial charge in [-0.15, -0.1) is 11.8 Å². The van der Waals surface area contributed by atoms with Crippen LogP contribution < -0.4 is 20.7 Å². The van der Waals surface area contributed by atoms with E-state index in [2.05, 4.69) is 29.8 Å². The van der Waals surface area contributed by atoms with Gasteiger partial charge in [-0.1, -0.05) is 62.4 Å². The number of ether oxygens (including phenoxy) is 1. The van der Waals surface area contributed by atoms with Crippen LogP contribution in [0.1, 0.15) is 41.3 Å². The van der Waals surface area contributed by atoms with Gasteiger partial charge in [-0.3, -0.25) is 14.4 Å². The molecule has 0 heterocycles. The molecule has 7 nitrogen and oxygen atoms in total. The summed E-state index contributed by atoms with van der Waals surface area (Å²) in [5.74, 6) is 0.238. The first-order valence-electron chi connectivity index (χ1n) is 13.5. The lowest BCUT2D eigenvalue weighted by atomic mass is 10.0. The highest BCUT2D eigenvalue weighted by Crippen LogP contribution is 2.23. The van der Waals surface area contributed by atoms with Crippen molar-refractivity contribution in [3.8, 4) is 5.75 Å². The summed E-state index contributed by atoms with van der Waals surface area (Å²) in [6.45, 7) is 4.26. The number of para-hydroxylation sites is 1. The topological polar surface area (TPSA) is 96.5 Å². The standard InChI is InChI=1S/C34H33N3O4S/c1-23(2)24-13-15-27(16-14-24)35-32(38)22-42-29-19-17-28(18-20-29)36-34(40)30(21-26-11-7-8-12-31(26)41-3)37-33(39)25-9-5-4-6-10-25/h4-21,23H,22H2,1-3H3,(H,35,38)(H,36,40)(H,37,39)/b30-21-. The van der Waals surface area contributed by atoms with Crippen LogP contribution in [0.25, 0.3) is 6.08 Å². The van der Waals surface area contributed by atoms with Gasteiger partial charge in [0, 0.05) is 27.4 Å². The average molecular weight is 580 g/mol. The Bertz CT molecular complexity index is 1550. The Kier molecular flexibility index (Phi) is 10.6. The fourth-order valence-electron chi connectivity index (χ4n) is 4.01. The van der Waals surface area contributed by atoms with E-state index < -0.39 is 11.8 Å². The van der Waals surface area contributed by atoms with Crippen molar-refractivity contribution in [2.45, 2.75) is 24.7 Å². The van der Waals surface area contributed by atoms with E-state index >= 15 is 0 Å². The van der Waals surface area contributed by atoms with Crippen LogP contribution >= 0.6 is 11.8 Å². The summed E-state index contributed by atoms with van der Waals surface area (Å²) in [5.41, 5.74) is 3.65. The Morgan fingerprint density at radius 1 is 0.786 bits per heavy atom. The first kappa shape index (κ1) is 30.1. The maximum atomic E-state index is 13.3. The van der Waals surface area contributed by atoms with Crippen LogP contribution in [0.15, 0.2) is 114 Å². The molecule has 0 radical (unpaired) electrons. The van der Waals surface area contributed by atoms with Crippen molar-refractivity contribution >= 4 is 46.9 Å². The molecule has 0 saturated heterocycles. The number of methoxy groups -OCH3 is 1. The monoisotopic (exact) mass is 579 g/mol. The highest BCUT2D eigenvalue weighted by molar-refractivity contribution is 8.00. The van der Waals surface area contributed by atoms with E-state index in [1.807, 2.05) is 54.6 Å². The predicted octanol–water partition coefficient (Wildman–Crippen LogP) is 6.96. The second-order valence-electron chi connectivity index (χ2n) is 9.71. The van der Waals surface area contributed by atoms with Crippen molar-refractivity contribution in [3.05, 3.63) is 126 Å². The molecule has 0 aliphatic heterocycles. The van der Waals surface area contributed by atoms with Gasteiger partial charge in [0.25, 0.3) is 11.8 Å². The highest BCUT2D eigenvalue weighted by atomic mass is 32.2. The van der Waals surface area contributed by atoms with Crippen molar-refractivity contribution in [2.24, 2.45) is 0 Å². The van der Waals surface area contributed by atoms with Crippen molar-refractivity contribution in [2.75, 3.05) is 23.5 Å². The molecule has 42 heavy (non-hydrogen) atoms. The normalized spacial score (nSPS) is 11.1. The number of carbonyl (C=O) groups is 3. The zero-order valence-corrected chi connectivity index (χ0v) is 24.5. The van der Waals surface area contributed by atoms with E-state index in [-0.39, 0.29) is 17.4 Å². The van der Waals surface area contributed by atoms with Crippen LogP contribution in [0.5, 0.6) is 5.75 Å². The zero-order valence-electron chi connectivity index (χ0n) is 23.7. The average Bonchev–Trinajstić information content (AvgIpc) is 3.01. The summed E-state index contributed by atoms with van der Waals surface area (Å²) in [6, 6.07) is 30.9. The second kappa shape index (κ2) is 14.7. The molecule has 0 saturated carbocycles. The van der Waals surface area contributed by atoms with Crippen molar-refractivity contribution in [1.82, 2.24) is 5.32 Å². The van der Waals surface area contributed by atoms with Crippen LogP contribution in [0.4, 0.5) is 11.4 Å². The van der Waals surface area contributed by atoms with E-state index in [0.29, 0.717) is 28.5 Å². The molecule has 4 aromatic rings. The summed E-state index contributed by atoms with van der Waals surface area (Å²) in [5, 5.41) is 8.49. The second-order valence-corrected chi connectivity index (χ2v) is 10.8. The number of hydrogen-bond acceptors (Lipinski definition) is 5. The first-order chi connectivity index (χ1) is 20.3. The van der Waals surface area contributed by atoms with Crippen molar-refractivity contribution in [1.29, 1.82) is 0 Å². The minimum atomic E-state index is -0.492. The lowest BCUT2D eigenvalue weighted by Crippen LogP contribution is -2.30. The van der Waals surface area contributed by atoms with Gasteiger partial charge < -0.3 is 20.7 Å². The molecule has 4 aromatic carbocycles. The smallest absolute Gasteiger partial charge is 0.272 e. The molecule has 214 valence electrons. The molecule has 0 unspecified atom stereocenters. The lowest BCUT2D eigenvalue weighted by molar-refractivity contribution is -0.114. The van der Waals surface area contributed by atoms with Gasteiger partial charge >= 0.3 is 0 Å². The van der Waals surface area contributed by atoms with Gasteiger partial charge in [-0.05, 0) is 72.2 Å². The number of anilines is 2. The van der Waals surface area contributed by atoms with Crippen LogP contribution in [-0.2, 0) is 9.59 Å². The predicted molar refractivity (Wildman–Crippen MR) is 170 cm³/mol. The molecular formula is C34H33N3O4S. The van der Waals surface area contributed by atoms with Gasteiger partial charge in [0.15, 0.2) is 0 Å². The molecular weight excluding hydrogens is 546 g/mol. The minimum Gasteiger partial charge on any atom is -0.496 e. The Hall–Kier alpha value is -4.82. The summed E-state index contributed by atoms with van der Waals surface area (Å²) >= 11 is 1.39. The molecule has 0 atom stereocenters. The van der Waals surface area contributed by atoms with E-state index in [4.69, 9.17) is 4.74 Å². The quantitative estimate of drug-likeness (QED) is 0.132. The molecule has 0 aliphatic rings. The van der Waals surface area contributed by atoms with E-state index in [0.717, 1.165) is 10.6 Å². The fourth-order valence-corrected chi connectivity index (χ4v) is 4.71. The third-order valence-electron chi connectivity index (χ3n) is 6.31. The Morgan fingerprint density at radius 3 is 2.07 bits per heavy atom. The molecule has 0 bridgehead atoms. The Balaban J connectivity index is 1.40. The molecule has 3 N–H and O–H groups in total. The van der Waals surface area contributed by atoms with Gasteiger partial charge in [0.1, 0.15) is 11.4 Å². The number of carbonyl (C=O) groups excluding carboxylic acids is 3. The van der Waals surface area contributed by atoms with Crippen LogP contribution in [0.2, 0.25) is 0 Å². The van der Waals surface area contributed by atoms with Gasteiger partial charge in [-0.2, -0.15) is 0 Å². The van der Waals surface area contributed by atoms with Gasteiger partial charge in [0.05, 0.1) is 12.9 Å². The Morgan fingerprint density at radius 2 is 1.40 bits per heavy atom. The number of amides is 3. The van der Waals surface area contributed by atoms with Crippen LogP contribution in [-0.4, -0.2) is 30.6 Å². The number of nitrogens with one attached hydrogen (secondary N) is 3. The van der Waals surface area contributed by atoms with Gasteiger partial charge in [0.2, 0.25) is 5.91 Å².